The molecule has 0 aromatic rings. The topological polar surface area (TPSA) is 0 Å². The molecule has 2 heterocycles. The fraction of sp³-hybridized carbons (Fsp3) is 0.786. The molecule has 0 unspecified atom stereocenters. The van der Waals surface area contributed by atoms with Gasteiger partial charge in [0.15, 0.2) is 0 Å². The summed E-state index contributed by atoms with van der Waals surface area (Å²) in [5.74, 6) is 2.52. The quantitative estimate of drug-likeness (QED) is 0.0886. The van der Waals surface area contributed by atoms with E-state index in [0.717, 1.165) is 8.47 Å². The van der Waals surface area contributed by atoms with Gasteiger partial charge in [0.25, 0.3) is 0 Å². The van der Waals surface area contributed by atoms with Crippen molar-refractivity contribution in [2.24, 2.45) is 0 Å². The minimum atomic E-state index is 1.05. The van der Waals surface area contributed by atoms with E-state index in [1.165, 1.54) is 136 Å². The smallest absolute Gasteiger partial charge is 0.0717 e. The largest absolute Gasteiger partial charge is 0.135 e. The van der Waals surface area contributed by atoms with Gasteiger partial charge in [-0.2, -0.15) is 0 Å². The highest BCUT2D eigenvalue weighted by molar-refractivity contribution is 8.43. The Morgan fingerprint density at radius 1 is 0.444 bits per heavy atom. The van der Waals surface area contributed by atoms with Crippen molar-refractivity contribution in [3.63, 3.8) is 0 Å². The predicted octanol–water partition coefficient (Wildman–Crippen LogP) is 13.7. The van der Waals surface area contributed by atoms with Gasteiger partial charge < -0.3 is 0 Å². The predicted molar refractivity (Wildman–Crippen MR) is 189 cm³/mol. The lowest BCUT2D eigenvalue weighted by molar-refractivity contribution is 0.573. The van der Waals surface area contributed by atoms with Crippen molar-refractivity contribution < 1.29 is 0 Å². The summed E-state index contributed by atoms with van der Waals surface area (Å²) in [7, 11) is 0. The first-order chi connectivity index (χ1) is 17.7. The SMILES string of the molecule is CCCCCCCCCCCSC1=C(SCCCCCCCCCCC)SC(=C2SC(S)=C(S)S2)S1. The summed E-state index contributed by atoms with van der Waals surface area (Å²) < 4.78 is 8.03. The fourth-order valence-corrected chi connectivity index (χ4v) is 13.5. The van der Waals surface area contributed by atoms with Crippen LogP contribution in [-0.2, 0) is 0 Å². The molecule has 0 bridgehead atoms. The number of hydrogen-bond acceptors (Lipinski definition) is 8. The van der Waals surface area contributed by atoms with Gasteiger partial charge in [0.2, 0.25) is 0 Å². The Morgan fingerprint density at radius 3 is 1.11 bits per heavy atom. The third-order valence-corrected chi connectivity index (χ3v) is 16.1. The van der Waals surface area contributed by atoms with Gasteiger partial charge in [0, 0.05) is 0 Å². The number of unbranched alkanes of at least 4 members (excludes halogenated alkanes) is 16. The van der Waals surface area contributed by atoms with Gasteiger partial charge in [0.1, 0.15) is 0 Å². The number of hydrogen-bond donors (Lipinski definition) is 2. The maximum Gasteiger partial charge on any atom is 0.0717 e. The molecule has 0 atom stereocenters. The van der Waals surface area contributed by atoms with Crippen molar-refractivity contribution >= 4 is 95.8 Å². The van der Waals surface area contributed by atoms with Crippen LogP contribution in [0.1, 0.15) is 129 Å². The Hall–Kier alpha value is 2.02. The van der Waals surface area contributed by atoms with Crippen LogP contribution in [0.15, 0.2) is 25.4 Å². The summed E-state index contributed by atoms with van der Waals surface area (Å²) in [6.45, 7) is 4.60. The molecule has 0 nitrogen and oxygen atoms in total. The van der Waals surface area contributed by atoms with Crippen molar-refractivity contribution in [1.82, 2.24) is 0 Å². The van der Waals surface area contributed by atoms with Crippen LogP contribution in [0.5, 0.6) is 0 Å². The molecule has 2 aliphatic rings. The second-order valence-electron chi connectivity index (χ2n) is 9.52. The highest BCUT2D eigenvalue weighted by Crippen LogP contribution is 2.64. The van der Waals surface area contributed by atoms with Crippen LogP contribution in [0.25, 0.3) is 0 Å². The first kappa shape index (κ1) is 34.2. The van der Waals surface area contributed by atoms with Crippen molar-refractivity contribution in [2.45, 2.75) is 129 Å². The van der Waals surface area contributed by atoms with Gasteiger partial charge >= 0.3 is 0 Å². The van der Waals surface area contributed by atoms with Crippen molar-refractivity contribution in [3.05, 3.63) is 25.4 Å². The van der Waals surface area contributed by atoms with E-state index < -0.39 is 0 Å². The van der Waals surface area contributed by atoms with Crippen LogP contribution in [0, 0.1) is 0 Å². The van der Waals surface area contributed by atoms with Crippen LogP contribution in [0.2, 0.25) is 0 Å². The fourth-order valence-electron chi connectivity index (χ4n) is 4.05. The minimum Gasteiger partial charge on any atom is -0.135 e. The van der Waals surface area contributed by atoms with Crippen molar-refractivity contribution in [2.75, 3.05) is 11.5 Å². The molecule has 0 spiro atoms. The molecule has 2 aliphatic heterocycles. The lowest BCUT2D eigenvalue weighted by atomic mass is 10.1. The van der Waals surface area contributed by atoms with Gasteiger partial charge in [0.05, 0.1) is 25.4 Å². The molecule has 0 fully saturated rings. The molecular formula is C28H48S8. The van der Waals surface area contributed by atoms with E-state index in [-0.39, 0.29) is 0 Å². The van der Waals surface area contributed by atoms with Crippen molar-refractivity contribution in [3.8, 4) is 0 Å². The third-order valence-electron chi connectivity index (χ3n) is 6.23. The molecule has 208 valence electrons. The molecule has 0 aromatic carbocycles. The zero-order valence-corrected chi connectivity index (χ0v) is 29.2. The summed E-state index contributed by atoms with van der Waals surface area (Å²) in [6.07, 6.45) is 25.3. The van der Waals surface area contributed by atoms with Gasteiger partial charge in [-0.15, -0.1) is 48.8 Å². The molecule has 0 amide bonds. The third kappa shape index (κ3) is 15.1. The highest BCUT2D eigenvalue weighted by atomic mass is 32.3. The minimum absolute atomic E-state index is 1.05. The van der Waals surface area contributed by atoms with E-state index in [9.17, 15) is 0 Å². The van der Waals surface area contributed by atoms with Crippen LogP contribution in [0.4, 0.5) is 0 Å². The van der Waals surface area contributed by atoms with E-state index in [1.807, 2.05) is 23.5 Å². The van der Waals surface area contributed by atoms with Gasteiger partial charge in [-0.25, -0.2) is 0 Å². The van der Waals surface area contributed by atoms with Gasteiger partial charge in [-0.1, -0.05) is 164 Å². The van der Waals surface area contributed by atoms with E-state index in [2.05, 4.69) is 62.6 Å². The molecular weight excluding hydrogens is 593 g/mol. The number of rotatable bonds is 22. The average molecular weight is 641 g/mol. The first-order valence-corrected chi connectivity index (χ1v) is 20.4. The molecule has 0 saturated carbocycles. The zero-order chi connectivity index (χ0) is 25.8. The van der Waals surface area contributed by atoms with Gasteiger partial charge in [-0.3, -0.25) is 0 Å². The Labute approximate surface area is 260 Å². The Kier molecular flexibility index (Phi) is 21.6. The second-order valence-corrected chi connectivity index (χ2v) is 18.3. The maximum atomic E-state index is 4.59. The van der Waals surface area contributed by atoms with Crippen LogP contribution in [-0.4, -0.2) is 11.5 Å². The Balaban J connectivity index is 1.68. The van der Waals surface area contributed by atoms with Gasteiger partial charge in [-0.05, 0) is 24.3 Å². The van der Waals surface area contributed by atoms with E-state index >= 15 is 0 Å². The maximum absolute atomic E-state index is 4.59. The lowest BCUT2D eigenvalue weighted by Crippen LogP contribution is -1.85. The monoisotopic (exact) mass is 640 g/mol. The lowest BCUT2D eigenvalue weighted by Gasteiger charge is -2.06. The number of thioether (sulfide) groups is 6. The van der Waals surface area contributed by atoms with Crippen LogP contribution in [0.3, 0.4) is 0 Å². The van der Waals surface area contributed by atoms with E-state index in [0.29, 0.717) is 0 Å². The molecule has 0 radical (unpaired) electrons. The second kappa shape index (κ2) is 22.7. The summed E-state index contributed by atoms with van der Waals surface area (Å²) in [5.41, 5.74) is 0. The Bertz CT molecular complexity index is 644. The normalized spacial score (nSPS) is 16.3. The molecule has 2 rings (SSSR count). The average Bonchev–Trinajstić information content (AvgIpc) is 3.43. The molecule has 0 N–H and O–H groups in total. The first-order valence-electron chi connectivity index (χ1n) is 14.2. The zero-order valence-electron chi connectivity index (χ0n) is 22.5. The summed E-state index contributed by atoms with van der Waals surface area (Å²) in [6, 6.07) is 0. The molecule has 0 aliphatic carbocycles. The summed E-state index contributed by atoms with van der Waals surface area (Å²) >= 11 is 21.0. The summed E-state index contributed by atoms with van der Waals surface area (Å²) in [4.78, 5) is 0. The molecule has 8 heteroatoms. The van der Waals surface area contributed by atoms with E-state index in [4.69, 9.17) is 0 Å². The Morgan fingerprint density at radius 2 is 0.750 bits per heavy atom. The number of thiol groups is 2. The van der Waals surface area contributed by atoms with E-state index in [1.54, 1.807) is 32.0 Å². The highest BCUT2D eigenvalue weighted by Gasteiger charge is 2.28. The molecule has 0 aromatic heterocycles. The molecule has 36 heavy (non-hydrogen) atoms. The standard InChI is InChI=1S/C28H48S8/c1-3-5-7-9-11-13-15-17-19-21-31-25-26(32-22-20-18-16-14-12-10-8-6-4-2)36-28(35-25)27-33-23(29)24(30)34-27/h29-30H,3-22H2,1-2H3. The molecule has 0 saturated heterocycles. The summed E-state index contributed by atoms with van der Waals surface area (Å²) in [5, 5.41) is 0. The van der Waals surface area contributed by atoms with Crippen LogP contribution >= 0.6 is 95.8 Å². The van der Waals surface area contributed by atoms with Crippen molar-refractivity contribution in [1.29, 1.82) is 0 Å². The van der Waals surface area contributed by atoms with Crippen LogP contribution < -0.4 is 0 Å².